The highest BCUT2D eigenvalue weighted by atomic mass is 35.5. The Kier molecular flexibility index (Phi) is 7.46. The highest BCUT2D eigenvalue weighted by Crippen LogP contribution is 2.37. The van der Waals surface area contributed by atoms with Gasteiger partial charge in [0.2, 0.25) is 0 Å². The summed E-state index contributed by atoms with van der Waals surface area (Å²) in [4.78, 5) is 0. The van der Waals surface area contributed by atoms with Crippen molar-refractivity contribution < 1.29 is 5.11 Å². The van der Waals surface area contributed by atoms with E-state index < -0.39 is 0 Å². The second kappa shape index (κ2) is 9.87. The smallest absolute Gasteiger partial charge is 0.127 e. The van der Waals surface area contributed by atoms with Gasteiger partial charge in [-0.3, -0.25) is 0 Å². The number of rotatable bonds is 7. The number of aryl methyl sites for hydroxylation is 2. The predicted molar refractivity (Wildman–Crippen MR) is 129 cm³/mol. The fourth-order valence-electron chi connectivity index (χ4n) is 3.43. The molecule has 0 aliphatic heterocycles. The highest BCUT2D eigenvalue weighted by molar-refractivity contribution is 6.42. The van der Waals surface area contributed by atoms with Crippen molar-refractivity contribution in [1.29, 1.82) is 0 Å². The van der Waals surface area contributed by atoms with Gasteiger partial charge in [0.15, 0.2) is 0 Å². The molecule has 158 valence electrons. The largest absolute Gasteiger partial charge is 0.507 e. The SMILES string of the molecule is CC(C)(C)NCc1cc(CCCc2ccccc2)cc(-c2ccc(Cl)c(Cl)c2)c1O. The third-order valence-electron chi connectivity index (χ3n) is 5.06. The molecule has 4 heteroatoms. The lowest BCUT2D eigenvalue weighted by Crippen LogP contribution is -2.35. The van der Waals surface area contributed by atoms with Gasteiger partial charge >= 0.3 is 0 Å². The van der Waals surface area contributed by atoms with Gasteiger partial charge in [0.25, 0.3) is 0 Å². The van der Waals surface area contributed by atoms with Crippen molar-refractivity contribution in [3.05, 3.63) is 87.4 Å². The van der Waals surface area contributed by atoms with E-state index in [1.807, 2.05) is 18.2 Å². The van der Waals surface area contributed by atoms with E-state index in [-0.39, 0.29) is 11.3 Å². The first-order chi connectivity index (χ1) is 14.2. The number of nitrogens with one attached hydrogen (secondary N) is 1. The molecule has 0 aliphatic rings. The fourth-order valence-corrected chi connectivity index (χ4v) is 3.72. The summed E-state index contributed by atoms with van der Waals surface area (Å²) in [6.07, 6.45) is 3.01. The Bertz CT molecular complexity index is 994. The molecule has 0 amide bonds. The Morgan fingerprint density at radius 3 is 2.20 bits per heavy atom. The van der Waals surface area contributed by atoms with Crippen molar-refractivity contribution in [1.82, 2.24) is 5.32 Å². The first-order valence-electron chi connectivity index (χ1n) is 10.3. The molecule has 0 spiro atoms. The van der Waals surface area contributed by atoms with Gasteiger partial charge in [0, 0.05) is 23.2 Å². The Morgan fingerprint density at radius 2 is 1.53 bits per heavy atom. The Balaban J connectivity index is 1.89. The van der Waals surface area contributed by atoms with Crippen LogP contribution in [-0.4, -0.2) is 10.6 Å². The van der Waals surface area contributed by atoms with Crippen LogP contribution in [-0.2, 0) is 19.4 Å². The molecule has 3 rings (SSSR count). The molecule has 0 bridgehead atoms. The van der Waals surface area contributed by atoms with E-state index in [4.69, 9.17) is 23.2 Å². The predicted octanol–water partition coefficient (Wildman–Crippen LogP) is 7.43. The topological polar surface area (TPSA) is 32.3 Å². The van der Waals surface area contributed by atoms with Gasteiger partial charge in [0.05, 0.1) is 10.0 Å². The Labute approximate surface area is 189 Å². The summed E-state index contributed by atoms with van der Waals surface area (Å²) in [5.74, 6) is 0.289. The number of hydrogen-bond donors (Lipinski definition) is 2. The first kappa shape index (κ1) is 22.7. The third kappa shape index (κ3) is 6.25. The maximum atomic E-state index is 11.0. The molecular formula is C26H29Cl2NO. The maximum Gasteiger partial charge on any atom is 0.127 e. The molecule has 0 fully saturated rings. The van der Waals surface area contributed by atoms with Crippen LogP contribution in [0.3, 0.4) is 0 Å². The normalized spacial score (nSPS) is 11.6. The lowest BCUT2D eigenvalue weighted by atomic mass is 9.95. The van der Waals surface area contributed by atoms with Gasteiger partial charge in [-0.2, -0.15) is 0 Å². The van der Waals surface area contributed by atoms with E-state index in [0.29, 0.717) is 16.6 Å². The van der Waals surface area contributed by atoms with Crippen LogP contribution in [0.1, 0.15) is 43.9 Å². The third-order valence-corrected chi connectivity index (χ3v) is 5.80. The minimum absolute atomic E-state index is 0.0422. The fraction of sp³-hybridized carbons (Fsp3) is 0.308. The van der Waals surface area contributed by atoms with Gasteiger partial charge in [-0.05, 0) is 74.9 Å². The zero-order chi connectivity index (χ0) is 21.7. The van der Waals surface area contributed by atoms with Gasteiger partial charge in [0.1, 0.15) is 5.75 Å². The second-order valence-corrected chi connectivity index (χ2v) is 9.54. The van der Waals surface area contributed by atoms with Crippen LogP contribution in [0.2, 0.25) is 10.0 Å². The molecule has 0 heterocycles. The van der Waals surface area contributed by atoms with Gasteiger partial charge in [-0.25, -0.2) is 0 Å². The average Bonchev–Trinajstić information content (AvgIpc) is 2.70. The van der Waals surface area contributed by atoms with E-state index in [1.54, 1.807) is 6.07 Å². The molecule has 2 nitrogen and oxygen atoms in total. The van der Waals surface area contributed by atoms with Gasteiger partial charge < -0.3 is 10.4 Å². The second-order valence-electron chi connectivity index (χ2n) is 8.72. The number of aromatic hydroxyl groups is 1. The van der Waals surface area contributed by atoms with Crippen LogP contribution in [0.15, 0.2) is 60.7 Å². The van der Waals surface area contributed by atoms with Crippen molar-refractivity contribution in [3.8, 4) is 16.9 Å². The van der Waals surface area contributed by atoms with E-state index in [9.17, 15) is 5.11 Å². The first-order valence-corrected chi connectivity index (χ1v) is 11.1. The summed E-state index contributed by atoms with van der Waals surface area (Å²) in [7, 11) is 0. The summed E-state index contributed by atoms with van der Waals surface area (Å²) in [6, 6.07) is 20.2. The van der Waals surface area contributed by atoms with Gasteiger partial charge in [-0.1, -0.05) is 65.7 Å². The van der Waals surface area contributed by atoms with Crippen molar-refractivity contribution in [2.24, 2.45) is 0 Å². The summed E-state index contributed by atoms with van der Waals surface area (Å²) < 4.78 is 0. The molecule has 0 unspecified atom stereocenters. The molecular weight excluding hydrogens is 413 g/mol. The number of halogens is 2. The lowest BCUT2D eigenvalue weighted by Gasteiger charge is -2.22. The summed E-state index contributed by atoms with van der Waals surface area (Å²) in [6.45, 7) is 6.95. The molecule has 0 aromatic heterocycles. The number of phenolic OH excluding ortho intramolecular Hbond substituents is 1. The molecule has 0 saturated heterocycles. The quantitative estimate of drug-likeness (QED) is 0.399. The zero-order valence-electron chi connectivity index (χ0n) is 17.8. The molecule has 0 radical (unpaired) electrons. The molecule has 0 saturated carbocycles. The lowest BCUT2D eigenvalue weighted by molar-refractivity contribution is 0.412. The van der Waals surface area contributed by atoms with Crippen molar-refractivity contribution in [3.63, 3.8) is 0 Å². The molecule has 3 aromatic rings. The van der Waals surface area contributed by atoms with Crippen molar-refractivity contribution in [2.45, 2.75) is 52.1 Å². The average molecular weight is 442 g/mol. The Hall–Kier alpha value is -2.00. The molecule has 0 aliphatic carbocycles. The summed E-state index contributed by atoms with van der Waals surface area (Å²) >= 11 is 12.3. The van der Waals surface area contributed by atoms with E-state index >= 15 is 0 Å². The van der Waals surface area contributed by atoms with E-state index in [0.717, 1.165) is 36.0 Å². The van der Waals surface area contributed by atoms with Crippen molar-refractivity contribution in [2.75, 3.05) is 0 Å². The Morgan fingerprint density at radius 1 is 0.833 bits per heavy atom. The highest BCUT2D eigenvalue weighted by Gasteiger charge is 2.16. The van der Waals surface area contributed by atoms with E-state index in [2.05, 4.69) is 62.5 Å². The van der Waals surface area contributed by atoms with Crippen LogP contribution in [0.5, 0.6) is 5.75 Å². The monoisotopic (exact) mass is 441 g/mol. The van der Waals surface area contributed by atoms with Crippen LogP contribution in [0.25, 0.3) is 11.1 Å². The number of hydrogen-bond acceptors (Lipinski definition) is 2. The van der Waals surface area contributed by atoms with Gasteiger partial charge in [-0.15, -0.1) is 0 Å². The van der Waals surface area contributed by atoms with Crippen LogP contribution in [0.4, 0.5) is 0 Å². The van der Waals surface area contributed by atoms with Crippen molar-refractivity contribution >= 4 is 23.2 Å². The molecule has 30 heavy (non-hydrogen) atoms. The molecule has 2 N–H and O–H groups in total. The van der Waals surface area contributed by atoms with E-state index in [1.165, 1.54) is 11.1 Å². The maximum absolute atomic E-state index is 11.0. The minimum atomic E-state index is -0.0422. The summed E-state index contributed by atoms with van der Waals surface area (Å²) in [5.41, 5.74) is 5.05. The standard InChI is InChI=1S/C26H29Cl2NO/c1-26(2,3)29-17-21-14-19(11-7-10-18-8-5-4-6-9-18)15-22(25(21)30)20-12-13-23(27)24(28)16-20/h4-6,8-9,12-16,29-30H,7,10-11,17H2,1-3H3. The van der Waals surface area contributed by atoms with Crippen LogP contribution >= 0.6 is 23.2 Å². The molecule has 3 aromatic carbocycles. The van der Waals surface area contributed by atoms with Crippen LogP contribution < -0.4 is 5.32 Å². The minimum Gasteiger partial charge on any atom is -0.507 e. The van der Waals surface area contributed by atoms with Crippen LogP contribution in [0, 0.1) is 0 Å². The zero-order valence-corrected chi connectivity index (χ0v) is 19.3. The number of phenols is 1. The number of benzene rings is 3. The molecule has 0 atom stereocenters. The summed E-state index contributed by atoms with van der Waals surface area (Å²) in [5, 5.41) is 15.5.